The molecule has 0 aliphatic heterocycles. The molecule has 0 aliphatic carbocycles. The van der Waals surface area contributed by atoms with E-state index in [9.17, 15) is 0 Å². The van der Waals surface area contributed by atoms with Crippen molar-refractivity contribution in [2.24, 2.45) is 4.99 Å². The molecule has 0 bridgehead atoms. The molecule has 1 aromatic heterocycles. The smallest absolute Gasteiger partial charge is 0.218 e. The highest BCUT2D eigenvalue weighted by Crippen LogP contribution is 2.13. The van der Waals surface area contributed by atoms with E-state index >= 15 is 0 Å². The summed E-state index contributed by atoms with van der Waals surface area (Å²) in [5.41, 5.74) is 1.63. The fraction of sp³-hybridized carbons (Fsp3) is 0.143. The predicted molar refractivity (Wildman–Crippen MR) is 78.2 cm³/mol. The minimum absolute atomic E-state index is 0.441. The molecule has 0 atom stereocenters. The van der Waals surface area contributed by atoms with Crippen molar-refractivity contribution in [3.05, 3.63) is 49.1 Å². The fourth-order valence-electron chi connectivity index (χ4n) is 1.74. The van der Waals surface area contributed by atoms with Crippen LogP contribution in [-0.2, 0) is 0 Å². The summed E-state index contributed by atoms with van der Waals surface area (Å²) < 4.78 is 0. The van der Waals surface area contributed by atoms with Gasteiger partial charge in [0, 0.05) is 12.2 Å². The van der Waals surface area contributed by atoms with E-state index in [-0.39, 0.29) is 0 Å². The van der Waals surface area contributed by atoms with Gasteiger partial charge in [0.25, 0.3) is 0 Å². The van der Waals surface area contributed by atoms with Crippen molar-refractivity contribution in [2.75, 3.05) is 16.8 Å². The van der Waals surface area contributed by atoms with Crippen molar-refractivity contribution in [1.82, 2.24) is 9.97 Å². The maximum Gasteiger partial charge on any atom is 0.218 e. The van der Waals surface area contributed by atoms with Gasteiger partial charge in [0.2, 0.25) is 12.2 Å². The largest absolute Gasteiger partial charge is 0.325 e. The number of guanidine groups is 1. The average molecular weight is 266 g/mol. The summed E-state index contributed by atoms with van der Waals surface area (Å²) >= 11 is 0. The highest BCUT2D eigenvalue weighted by Gasteiger charge is 2.12. The number of benzene rings is 1. The van der Waals surface area contributed by atoms with E-state index in [2.05, 4.69) is 20.3 Å². The summed E-state index contributed by atoms with van der Waals surface area (Å²) in [5.74, 6) is 0.441. The minimum Gasteiger partial charge on any atom is -0.325 e. The van der Waals surface area contributed by atoms with E-state index < -0.39 is 0 Å². The molecule has 0 saturated heterocycles. The Morgan fingerprint density at radius 3 is 2.60 bits per heavy atom. The summed E-state index contributed by atoms with van der Waals surface area (Å²) in [6.45, 7) is 2.60. The van der Waals surface area contributed by atoms with Gasteiger partial charge >= 0.3 is 0 Å². The normalized spacial score (nSPS) is 10.7. The Kier molecular flexibility index (Phi) is 4.62. The Hall–Kier alpha value is -2.94. The van der Waals surface area contributed by atoms with E-state index in [1.54, 1.807) is 12.4 Å². The maximum absolute atomic E-state index is 8.87. The van der Waals surface area contributed by atoms with Crippen LogP contribution in [0.2, 0.25) is 0 Å². The Balaban J connectivity index is 2.28. The first-order chi connectivity index (χ1) is 9.85. The van der Waals surface area contributed by atoms with Gasteiger partial charge in [-0.3, -0.25) is 0 Å². The van der Waals surface area contributed by atoms with Gasteiger partial charge < -0.3 is 10.2 Å². The molecular formula is C14H14N6. The van der Waals surface area contributed by atoms with Crippen LogP contribution in [0.15, 0.2) is 54.0 Å². The van der Waals surface area contributed by atoms with Crippen LogP contribution in [0.4, 0.5) is 11.4 Å². The third kappa shape index (κ3) is 3.29. The molecule has 20 heavy (non-hydrogen) atoms. The van der Waals surface area contributed by atoms with E-state index in [0.717, 1.165) is 11.4 Å². The molecule has 6 heteroatoms. The van der Waals surface area contributed by atoms with Crippen molar-refractivity contribution >= 4 is 17.3 Å². The molecule has 1 aromatic carbocycles. The number of nitriles is 1. The first kappa shape index (κ1) is 13.5. The van der Waals surface area contributed by atoms with Crippen molar-refractivity contribution in [2.45, 2.75) is 6.92 Å². The molecule has 2 aromatic rings. The molecule has 0 fully saturated rings. The third-order valence-electron chi connectivity index (χ3n) is 2.62. The van der Waals surface area contributed by atoms with Gasteiger partial charge in [0.15, 0.2) is 0 Å². The van der Waals surface area contributed by atoms with E-state index in [4.69, 9.17) is 5.26 Å². The summed E-state index contributed by atoms with van der Waals surface area (Å²) in [7, 11) is 0. The van der Waals surface area contributed by atoms with Gasteiger partial charge in [-0.15, -0.1) is 4.99 Å². The molecule has 0 saturated carbocycles. The van der Waals surface area contributed by atoms with Crippen molar-refractivity contribution in [3.63, 3.8) is 0 Å². The molecule has 6 nitrogen and oxygen atoms in total. The molecule has 1 N–H and O–H groups in total. The Morgan fingerprint density at radius 1 is 1.30 bits per heavy atom. The second-order valence-corrected chi connectivity index (χ2v) is 3.87. The standard InChI is InChI=1S/C14H14N6/c1-2-20(13-8-16-11-17-9-13)14(18-10-15)19-12-6-4-3-5-7-12/h3-9,11H,2H2,1H3,(H,18,19). The number of hydrogen-bond donors (Lipinski definition) is 1. The lowest BCUT2D eigenvalue weighted by Gasteiger charge is -2.23. The number of aliphatic imine (C=N–C) groups is 1. The van der Waals surface area contributed by atoms with Crippen LogP contribution >= 0.6 is 0 Å². The van der Waals surface area contributed by atoms with Crippen LogP contribution in [0.25, 0.3) is 0 Å². The second kappa shape index (κ2) is 6.85. The lowest BCUT2D eigenvalue weighted by atomic mass is 10.3. The molecule has 1 heterocycles. The number of anilines is 2. The zero-order chi connectivity index (χ0) is 14.2. The Bertz CT molecular complexity index is 603. The molecular weight excluding hydrogens is 252 g/mol. The van der Waals surface area contributed by atoms with Gasteiger partial charge in [-0.2, -0.15) is 5.26 Å². The molecule has 0 unspecified atom stereocenters. The number of nitrogens with one attached hydrogen (secondary N) is 1. The first-order valence-corrected chi connectivity index (χ1v) is 6.16. The molecule has 0 amide bonds. The van der Waals surface area contributed by atoms with E-state index in [1.165, 1.54) is 6.33 Å². The molecule has 100 valence electrons. The first-order valence-electron chi connectivity index (χ1n) is 6.16. The molecule has 0 aliphatic rings. The molecule has 0 spiro atoms. The highest BCUT2D eigenvalue weighted by molar-refractivity contribution is 6.05. The number of rotatable bonds is 3. The van der Waals surface area contributed by atoms with Crippen LogP contribution in [0.5, 0.6) is 0 Å². The SMILES string of the molecule is CCN(C(=NC#N)Nc1ccccc1)c1cncnc1. The summed E-state index contributed by atoms with van der Waals surface area (Å²) in [6, 6.07) is 9.56. The second-order valence-electron chi connectivity index (χ2n) is 3.87. The third-order valence-corrected chi connectivity index (χ3v) is 2.62. The monoisotopic (exact) mass is 266 g/mol. The average Bonchev–Trinajstić information content (AvgIpc) is 2.50. The van der Waals surface area contributed by atoms with Crippen LogP contribution < -0.4 is 10.2 Å². The number of para-hydroxylation sites is 1. The lowest BCUT2D eigenvalue weighted by molar-refractivity contribution is 1.02. The number of nitrogens with zero attached hydrogens (tertiary/aromatic N) is 5. The number of hydrogen-bond acceptors (Lipinski definition) is 4. The van der Waals surface area contributed by atoms with Crippen molar-refractivity contribution in [1.29, 1.82) is 5.26 Å². The number of aromatic nitrogens is 2. The minimum atomic E-state index is 0.441. The quantitative estimate of drug-likeness (QED) is 0.524. The summed E-state index contributed by atoms with van der Waals surface area (Å²) in [4.78, 5) is 13.6. The topological polar surface area (TPSA) is 77.2 Å². The molecule has 2 rings (SSSR count). The van der Waals surface area contributed by atoms with E-state index in [1.807, 2.05) is 48.3 Å². The zero-order valence-electron chi connectivity index (χ0n) is 11.1. The van der Waals surface area contributed by atoms with Gasteiger partial charge in [0.1, 0.15) is 6.33 Å². The van der Waals surface area contributed by atoms with Gasteiger partial charge in [-0.05, 0) is 19.1 Å². The van der Waals surface area contributed by atoms with Gasteiger partial charge in [-0.25, -0.2) is 9.97 Å². The van der Waals surface area contributed by atoms with Crippen LogP contribution in [-0.4, -0.2) is 22.5 Å². The lowest BCUT2D eigenvalue weighted by Crippen LogP contribution is -2.36. The van der Waals surface area contributed by atoms with Gasteiger partial charge in [-0.1, -0.05) is 18.2 Å². The maximum atomic E-state index is 8.87. The van der Waals surface area contributed by atoms with Crippen LogP contribution in [0, 0.1) is 11.5 Å². The van der Waals surface area contributed by atoms with E-state index in [0.29, 0.717) is 12.5 Å². The molecule has 0 radical (unpaired) electrons. The zero-order valence-corrected chi connectivity index (χ0v) is 11.1. The highest BCUT2D eigenvalue weighted by atomic mass is 15.3. The summed E-state index contributed by atoms with van der Waals surface area (Å²) in [5, 5.41) is 12.0. The van der Waals surface area contributed by atoms with Crippen molar-refractivity contribution in [3.8, 4) is 6.19 Å². The Labute approximate surface area is 117 Å². The fourth-order valence-corrected chi connectivity index (χ4v) is 1.74. The Morgan fingerprint density at radius 2 is 2.00 bits per heavy atom. The predicted octanol–water partition coefficient (Wildman–Crippen LogP) is 2.25. The van der Waals surface area contributed by atoms with Crippen LogP contribution in [0.1, 0.15) is 6.92 Å². The van der Waals surface area contributed by atoms with Crippen molar-refractivity contribution < 1.29 is 0 Å². The van der Waals surface area contributed by atoms with Gasteiger partial charge in [0.05, 0.1) is 18.1 Å². The van der Waals surface area contributed by atoms with Crippen LogP contribution in [0.3, 0.4) is 0 Å². The summed E-state index contributed by atoms with van der Waals surface area (Å²) in [6.07, 6.45) is 6.63.